The zero-order chi connectivity index (χ0) is 19.9. The Kier molecular flexibility index (Phi) is 11.5. The largest absolute Gasteiger partial charge is 0.481 e. The van der Waals surface area contributed by atoms with E-state index in [9.17, 15) is 9.59 Å². The van der Waals surface area contributed by atoms with Crippen LogP contribution in [0.5, 0.6) is 5.75 Å². The van der Waals surface area contributed by atoms with Crippen molar-refractivity contribution in [1.29, 1.82) is 0 Å². The summed E-state index contributed by atoms with van der Waals surface area (Å²) in [7, 11) is 1.63. The van der Waals surface area contributed by atoms with Crippen LogP contribution in [0.2, 0.25) is 0 Å². The second-order valence-corrected chi connectivity index (χ2v) is 4.99. The summed E-state index contributed by atoms with van der Waals surface area (Å²) in [5.74, 6) is 1.13. The number of carboxylic acids is 2. The van der Waals surface area contributed by atoms with Gasteiger partial charge in [-0.3, -0.25) is 9.59 Å². The van der Waals surface area contributed by atoms with Crippen molar-refractivity contribution in [3.8, 4) is 18.1 Å². The van der Waals surface area contributed by atoms with Crippen LogP contribution >= 0.6 is 0 Å². The first-order chi connectivity index (χ1) is 12.4. The van der Waals surface area contributed by atoms with Gasteiger partial charge in [0.05, 0.1) is 0 Å². The lowest BCUT2D eigenvalue weighted by molar-refractivity contribution is -0.139. The number of ether oxygens (including phenoxy) is 1. The van der Waals surface area contributed by atoms with Crippen molar-refractivity contribution in [3.05, 3.63) is 40.3 Å². The molecule has 0 heterocycles. The molecule has 0 aliphatic rings. The van der Waals surface area contributed by atoms with Crippen LogP contribution in [0.15, 0.2) is 29.4 Å². The summed E-state index contributed by atoms with van der Waals surface area (Å²) in [6.07, 6.45) is 5.84. The molecule has 2 atom stereocenters. The smallest absolute Gasteiger partial charge is 0.321 e. The summed E-state index contributed by atoms with van der Waals surface area (Å²) >= 11 is 0. The van der Waals surface area contributed by atoms with Gasteiger partial charge in [0, 0.05) is 4.91 Å². The van der Waals surface area contributed by atoms with Crippen molar-refractivity contribution in [3.63, 3.8) is 0 Å². The molecule has 0 spiro atoms. The summed E-state index contributed by atoms with van der Waals surface area (Å²) < 4.78 is 5.22. The van der Waals surface area contributed by atoms with E-state index in [2.05, 4.69) is 21.3 Å². The van der Waals surface area contributed by atoms with Crippen LogP contribution in [0.1, 0.15) is 18.9 Å². The average molecular weight is 362 g/mol. The van der Waals surface area contributed by atoms with Gasteiger partial charge in [0.2, 0.25) is 0 Å². The van der Waals surface area contributed by atoms with E-state index in [1.807, 2.05) is 12.1 Å². The highest BCUT2D eigenvalue weighted by molar-refractivity contribution is 5.74. The van der Waals surface area contributed by atoms with Gasteiger partial charge in [-0.15, -0.1) is 6.42 Å². The van der Waals surface area contributed by atoms with Gasteiger partial charge in [-0.2, -0.15) is 0 Å². The van der Waals surface area contributed by atoms with Crippen molar-refractivity contribution in [2.24, 2.45) is 5.11 Å². The maximum atomic E-state index is 10.8. The number of likely N-dealkylation sites (N-methyl/N-ethyl adjacent to an activating group) is 1. The molecule has 0 aliphatic carbocycles. The Hall–Kier alpha value is -3.21. The molecule has 3 N–H and O–H groups in total. The SMILES string of the molecule is C#CCOc1ccc(C[C@H](NC)C(=O)O)cc1.CC[C@H](N=[N+]=[N-])C(=O)O. The highest BCUT2D eigenvalue weighted by Gasteiger charge is 2.15. The third kappa shape index (κ3) is 9.17. The maximum Gasteiger partial charge on any atom is 0.321 e. The van der Waals surface area contributed by atoms with Gasteiger partial charge in [-0.1, -0.05) is 30.1 Å². The van der Waals surface area contributed by atoms with Crippen LogP contribution in [-0.4, -0.2) is 47.9 Å². The molecule has 0 unspecified atom stereocenters. The zero-order valence-electron chi connectivity index (χ0n) is 14.6. The molecular weight excluding hydrogens is 340 g/mol. The lowest BCUT2D eigenvalue weighted by Crippen LogP contribution is -2.35. The lowest BCUT2D eigenvalue weighted by Gasteiger charge is -2.11. The van der Waals surface area contributed by atoms with Gasteiger partial charge in [0.1, 0.15) is 24.4 Å². The molecule has 0 saturated carbocycles. The van der Waals surface area contributed by atoms with Crippen molar-refractivity contribution >= 4 is 11.9 Å². The summed E-state index contributed by atoms with van der Waals surface area (Å²) in [5.41, 5.74) is 8.74. The van der Waals surface area contributed by atoms with E-state index in [0.717, 1.165) is 5.56 Å². The number of benzene rings is 1. The summed E-state index contributed by atoms with van der Waals surface area (Å²) in [4.78, 5) is 23.3. The standard InChI is InChI=1S/C13H15NO3.C4H7N3O2/c1-3-8-17-11-6-4-10(5-7-11)9-12(14-2)13(15)16;1-2-3(4(8)9)6-7-5/h1,4-7,12,14H,8-9H2,2H3,(H,15,16);3H,2H2,1H3,(H,8,9)/t12-;3-/m00/s1. The summed E-state index contributed by atoms with van der Waals surface area (Å²) in [6, 6.07) is 5.74. The molecule has 0 aromatic heterocycles. The Morgan fingerprint density at radius 3 is 2.31 bits per heavy atom. The van der Waals surface area contributed by atoms with E-state index in [4.69, 9.17) is 26.9 Å². The van der Waals surface area contributed by atoms with Crippen molar-refractivity contribution in [2.75, 3.05) is 13.7 Å². The van der Waals surface area contributed by atoms with Gasteiger partial charge in [-0.05, 0) is 43.1 Å². The van der Waals surface area contributed by atoms with Crippen LogP contribution in [0.3, 0.4) is 0 Å². The van der Waals surface area contributed by atoms with Crippen LogP contribution in [0.4, 0.5) is 0 Å². The van der Waals surface area contributed by atoms with Crippen LogP contribution in [-0.2, 0) is 16.0 Å². The number of azide groups is 1. The molecule has 1 aromatic carbocycles. The Morgan fingerprint density at radius 2 is 1.96 bits per heavy atom. The highest BCUT2D eigenvalue weighted by atomic mass is 16.5. The molecule has 26 heavy (non-hydrogen) atoms. The number of rotatable bonds is 9. The second-order valence-electron chi connectivity index (χ2n) is 4.99. The van der Waals surface area contributed by atoms with Crippen LogP contribution in [0, 0.1) is 12.3 Å². The lowest BCUT2D eigenvalue weighted by atomic mass is 10.1. The topological polar surface area (TPSA) is 145 Å². The van der Waals surface area contributed by atoms with Crippen molar-refractivity contribution in [1.82, 2.24) is 5.32 Å². The quantitative estimate of drug-likeness (QED) is 0.265. The molecule has 1 rings (SSSR count). The zero-order valence-corrected chi connectivity index (χ0v) is 14.6. The van der Waals surface area contributed by atoms with E-state index in [1.165, 1.54) is 0 Å². The van der Waals surface area contributed by atoms with E-state index in [1.54, 1.807) is 26.1 Å². The number of carbonyl (C=O) groups is 2. The van der Waals surface area contributed by atoms with Crippen molar-refractivity contribution in [2.45, 2.75) is 31.8 Å². The molecule has 140 valence electrons. The molecule has 0 bridgehead atoms. The first-order valence-corrected chi connectivity index (χ1v) is 7.71. The molecule has 1 aromatic rings. The molecule has 0 aliphatic heterocycles. The van der Waals surface area contributed by atoms with Gasteiger partial charge >= 0.3 is 11.9 Å². The minimum absolute atomic E-state index is 0.230. The summed E-state index contributed by atoms with van der Waals surface area (Å²) in [5, 5.41) is 22.9. The molecule has 0 amide bonds. The van der Waals surface area contributed by atoms with Crippen LogP contribution in [0.25, 0.3) is 10.4 Å². The van der Waals surface area contributed by atoms with E-state index >= 15 is 0 Å². The minimum atomic E-state index is -1.07. The predicted octanol–water partition coefficient (Wildman–Crippen LogP) is 2.07. The normalized spacial score (nSPS) is 11.6. The first kappa shape index (κ1) is 22.8. The number of nitrogens with zero attached hydrogens (tertiary/aromatic N) is 3. The molecule has 9 nitrogen and oxygen atoms in total. The Bertz CT molecular complexity index is 661. The molecule has 0 fully saturated rings. The fraction of sp³-hybridized carbons (Fsp3) is 0.412. The second kappa shape index (κ2) is 13.1. The van der Waals surface area contributed by atoms with Gasteiger partial charge < -0.3 is 20.3 Å². The average Bonchev–Trinajstić information content (AvgIpc) is 2.63. The van der Waals surface area contributed by atoms with Gasteiger partial charge in [0.15, 0.2) is 0 Å². The Balaban J connectivity index is 0.000000590. The first-order valence-electron chi connectivity index (χ1n) is 7.71. The molecule has 0 saturated heterocycles. The monoisotopic (exact) mass is 362 g/mol. The fourth-order valence-corrected chi connectivity index (χ4v) is 1.76. The number of hydrogen-bond donors (Lipinski definition) is 3. The maximum absolute atomic E-state index is 10.8. The number of aliphatic carboxylic acids is 2. The number of terminal acetylenes is 1. The molecule has 0 radical (unpaired) electrons. The minimum Gasteiger partial charge on any atom is -0.481 e. The number of nitrogens with one attached hydrogen (secondary N) is 1. The van der Waals surface area contributed by atoms with E-state index < -0.39 is 24.0 Å². The molecular formula is C17H22N4O5. The van der Waals surface area contributed by atoms with Gasteiger partial charge in [-0.25, -0.2) is 0 Å². The number of carboxylic acid groups (broad SMARTS) is 2. The summed E-state index contributed by atoms with van der Waals surface area (Å²) in [6.45, 7) is 1.88. The predicted molar refractivity (Wildman–Crippen MR) is 95.8 cm³/mol. The van der Waals surface area contributed by atoms with E-state index in [-0.39, 0.29) is 6.61 Å². The third-order valence-corrected chi connectivity index (χ3v) is 3.19. The van der Waals surface area contributed by atoms with Crippen molar-refractivity contribution < 1.29 is 24.5 Å². The van der Waals surface area contributed by atoms with Crippen LogP contribution < -0.4 is 10.1 Å². The van der Waals surface area contributed by atoms with E-state index in [0.29, 0.717) is 18.6 Å². The Morgan fingerprint density at radius 1 is 1.35 bits per heavy atom. The highest BCUT2D eigenvalue weighted by Crippen LogP contribution is 2.13. The third-order valence-electron chi connectivity index (χ3n) is 3.19. The van der Waals surface area contributed by atoms with Gasteiger partial charge in [0.25, 0.3) is 0 Å². The number of hydrogen-bond acceptors (Lipinski definition) is 5. The Labute approximate surface area is 151 Å². The fourth-order valence-electron chi connectivity index (χ4n) is 1.76. The molecule has 9 heteroatoms.